The first-order valence-corrected chi connectivity index (χ1v) is 10.0. The van der Waals surface area contributed by atoms with Crippen molar-refractivity contribution in [2.75, 3.05) is 6.61 Å². The SMILES string of the molecule is O=C(COCc1ccccc1)N(Cc1ccccc1)Cc1nc2cc(Cl)ccc2o1. The summed E-state index contributed by atoms with van der Waals surface area (Å²) in [6.45, 7) is 1.05. The van der Waals surface area contributed by atoms with Gasteiger partial charge in [0.05, 0.1) is 13.2 Å². The highest BCUT2D eigenvalue weighted by Crippen LogP contribution is 2.21. The van der Waals surface area contributed by atoms with Gasteiger partial charge in [-0.2, -0.15) is 0 Å². The van der Waals surface area contributed by atoms with Crippen molar-refractivity contribution in [1.82, 2.24) is 9.88 Å². The van der Waals surface area contributed by atoms with Crippen molar-refractivity contribution in [2.24, 2.45) is 0 Å². The number of benzene rings is 3. The van der Waals surface area contributed by atoms with Crippen molar-refractivity contribution in [1.29, 1.82) is 0 Å². The van der Waals surface area contributed by atoms with E-state index in [1.165, 1.54) is 0 Å². The van der Waals surface area contributed by atoms with Crippen LogP contribution in [0.5, 0.6) is 0 Å². The van der Waals surface area contributed by atoms with Crippen molar-refractivity contribution in [2.45, 2.75) is 19.7 Å². The maximum Gasteiger partial charge on any atom is 0.249 e. The molecule has 152 valence electrons. The lowest BCUT2D eigenvalue weighted by Gasteiger charge is -2.21. The zero-order valence-corrected chi connectivity index (χ0v) is 17.1. The molecule has 0 aliphatic heterocycles. The fourth-order valence-electron chi connectivity index (χ4n) is 3.14. The monoisotopic (exact) mass is 420 g/mol. The van der Waals surface area contributed by atoms with Crippen molar-refractivity contribution in [3.63, 3.8) is 0 Å². The second kappa shape index (κ2) is 9.57. The predicted molar refractivity (Wildman–Crippen MR) is 116 cm³/mol. The third-order valence-electron chi connectivity index (χ3n) is 4.63. The Labute approximate surface area is 179 Å². The molecule has 1 aromatic heterocycles. The molecule has 0 saturated carbocycles. The number of amides is 1. The molecule has 0 aliphatic carbocycles. The molecule has 0 aliphatic rings. The third-order valence-corrected chi connectivity index (χ3v) is 4.86. The molecule has 4 rings (SSSR count). The highest BCUT2D eigenvalue weighted by Gasteiger charge is 2.18. The fourth-order valence-corrected chi connectivity index (χ4v) is 3.30. The molecule has 0 radical (unpaired) electrons. The molecule has 0 unspecified atom stereocenters. The number of aromatic nitrogens is 1. The smallest absolute Gasteiger partial charge is 0.249 e. The topological polar surface area (TPSA) is 55.6 Å². The Hall–Kier alpha value is -3.15. The molecule has 0 bridgehead atoms. The lowest BCUT2D eigenvalue weighted by atomic mass is 10.2. The Balaban J connectivity index is 1.47. The Kier molecular flexibility index (Phi) is 6.42. The molecule has 1 amide bonds. The maximum absolute atomic E-state index is 12.9. The van der Waals surface area contributed by atoms with Gasteiger partial charge in [0.25, 0.3) is 0 Å². The average molecular weight is 421 g/mol. The van der Waals surface area contributed by atoms with Crippen molar-refractivity contribution < 1.29 is 13.9 Å². The van der Waals surface area contributed by atoms with Crippen LogP contribution in [0.4, 0.5) is 0 Å². The summed E-state index contributed by atoms with van der Waals surface area (Å²) in [5.74, 6) is 0.328. The van der Waals surface area contributed by atoms with E-state index in [1.54, 1.807) is 23.1 Å². The minimum absolute atomic E-state index is 0.0201. The van der Waals surface area contributed by atoms with E-state index in [4.69, 9.17) is 20.8 Å². The van der Waals surface area contributed by atoms with Crippen LogP contribution in [0.2, 0.25) is 5.02 Å². The van der Waals surface area contributed by atoms with Crippen molar-refractivity contribution in [3.8, 4) is 0 Å². The highest BCUT2D eigenvalue weighted by atomic mass is 35.5. The number of nitrogens with zero attached hydrogens (tertiary/aromatic N) is 2. The number of fused-ring (bicyclic) bond motifs is 1. The molecular formula is C24H21ClN2O3. The summed E-state index contributed by atoms with van der Waals surface area (Å²) in [6.07, 6.45) is 0. The normalized spacial score (nSPS) is 11.0. The van der Waals surface area contributed by atoms with Crippen LogP contribution in [0.1, 0.15) is 17.0 Å². The molecular weight excluding hydrogens is 400 g/mol. The van der Waals surface area contributed by atoms with Gasteiger partial charge in [-0.15, -0.1) is 0 Å². The first-order chi connectivity index (χ1) is 14.7. The van der Waals surface area contributed by atoms with Gasteiger partial charge >= 0.3 is 0 Å². The summed E-state index contributed by atoms with van der Waals surface area (Å²) < 4.78 is 11.5. The number of hydrogen-bond donors (Lipinski definition) is 0. The van der Waals surface area contributed by atoms with Crippen LogP contribution >= 0.6 is 11.6 Å². The molecule has 0 saturated heterocycles. The molecule has 1 heterocycles. The second-order valence-corrected chi connectivity index (χ2v) is 7.37. The summed E-state index contributed by atoms with van der Waals surface area (Å²) in [7, 11) is 0. The highest BCUT2D eigenvalue weighted by molar-refractivity contribution is 6.31. The van der Waals surface area contributed by atoms with E-state index in [2.05, 4.69) is 4.98 Å². The summed E-state index contributed by atoms with van der Waals surface area (Å²) in [5.41, 5.74) is 3.36. The second-order valence-electron chi connectivity index (χ2n) is 6.93. The Morgan fingerprint density at radius 1 is 0.933 bits per heavy atom. The summed E-state index contributed by atoms with van der Waals surface area (Å²) in [5, 5.41) is 0.592. The van der Waals surface area contributed by atoms with E-state index in [0.717, 1.165) is 11.1 Å². The quantitative estimate of drug-likeness (QED) is 0.392. The Morgan fingerprint density at radius 2 is 1.63 bits per heavy atom. The average Bonchev–Trinajstić information content (AvgIpc) is 3.16. The van der Waals surface area contributed by atoms with Crippen LogP contribution in [0.3, 0.4) is 0 Å². The lowest BCUT2D eigenvalue weighted by Crippen LogP contribution is -2.33. The number of halogens is 1. The van der Waals surface area contributed by atoms with Crippen LogP contribution < -0.4 is 0 Å². The first-order valence-electron chi connectivity index (χ1n) is 9.66. The van der Waals surface area contributed by atoms with Crippen LogP contribution in [0, 0.1) is 0 Å². The van der Waals surface area contributed by atoms with Gasteiger partial charge in [-0.1, -0.05) is 72.3 Å². The van der Waals surface area contributed by atoms with Crippen LogP contribution in [-0.2, 0) is 29.2 Å². The molecule has 0 fully saturated rings. The number of hydrogen-bond acceptors (Lipinski definition) is 4. The predicted octanol–water partition coefficient (Wildman–Crippen LogP) is 5.23. The molecule has 0 atom stereocenters. The van der Waals surface area contributed by atoms with Gasteiger partial charge < -0.3 is 14.1 Å². The summed E-state index contributed by atoms with van der Waals surface area (Å²) in [4.78, 5) is 19.1. The number of ether oxygens (including phenoxy) is 1. The Morgan fingerprint density at radius 3 is 2.37 bits per heavy atom. The van der Waals surface area contributed by atoms with Gasteiger partial charge in [-0.3, -0.25) is 4.79 Å². The zero-order chi connectivity index (χ0) is 20.8. The van der Waals surface area contributed by atoms with Gasteiger partial charge in [-0.05, 0) is 29.3 Å². The maximum atomic E-state index is 12.9. The van der Waals surface area contributed by atoms with Crippen molar-refractivity contribution in [3.05, 3.63) is 101 Å². The minimum Gasteiger partial charge on any atom is -0.439 e. The largest absolute Gasteiger partial charge is 0.439 e. The molecule has 0 spiro atoms. The van der Waals surface area contributed by atoms with Gasteiger partial charge in [0.1, 0.15) is 12.1 Å². The molecule has 4 aromatic rings. The van der Waals surface area contributed by atoms with Gasteiger partial charge in [0.15, 0.2) is 5.58 Å². The van der Waals surface area contributed by atoms with Crippen molar-refractivity contribution >= 4 is 28.6 Å². The van der Waals surface area contributed by atoms with Gasteiger partial charge in [0.2, 0.25) is 11.8 Å². The molecule has 5 nitrogen and oxygen atoms in total. The molecule has 6 heteroatoms. The molecule has 30 heavy (non-hydrogen) atoms. The third kappa shape index (κ3) is 5.26. The number of carbonyl (C=O) groups is 1. The number of oxazole rings is 1. The van der Waals surface area contributed by atoms with E-state index < -0.39 is 0 Å². The Bertz CT molecular complexity index is 1110. The summed E-state index contributed by atoms with van der Waals surface area (Å²) in [6, 6.07) is 24.9. The first kappa shape index (κ1) is 20.1. The fraction of sp³-hybridized carbons (Fsp3) is 0.167. The minimum atomic E-state index is -0.130. The molecule has 0 N–H and O–H groups in total. The molecule has 3 aromatic carbocycles. The van der Waals surface area contributed by atoms with E-state index in [9.17, 15) is 4.79 Å². The number of rotatable bonds is 8. The lowest BCUT2D eigenvalue weighted by molar-refractivity contribution is -0.138. The van der Waals surface area contributed by atoms with E-state index in [-0.39, 0.29) is 19.1 Å². The summed E-state index contributed by atoms with van der Waals surface area (Å²) >= 11 is 6.04. The van der Waals surface area contributed by atoms with Gasteiger partial charge in [-0.25, -0.2) is 4.98 Å². The van der Waals surface area contributed by atoms with E-state index in [0.29, 0.717) is 35.2 Å². The van der Waals surface area contributed by atoms with E-state index >= 15 is 0 Å². The van der Waals surface area contributed by atoms with Crippen LogP contribution in [-0.4, -0.2) is 22.4 Å². The zero-order valence-electron chi connectivity index (χ0n) is 16.3. The van der Waals surface area contributed by atoms with E-state index in [1.807, 2.05) is 60.7 Å². The number of carbonyl (C=O) groups excluding carboxylic acids is 1. The van der Waals surface area contributed by atoms with Crippen LogP contribution in [0.15, 0.2) is 83.3 Å². The van der Waals surface area contributed by atoms with Crippen LogP contribution in [0.25, 0.3) is 11.1 Å². The standard InChI is InChI=1S/C24H21ClN2O3/c25-20-11-12-22-21(13-20)26-23(30-22)15-27(14-18-7-3-1-4-8-18)24(28)17-29-16-19-9-5-2-6-10-19/h1-13H,14-17H2. The van der Waals surface area contributed by atoms with Gasteiger partial charge in [0, 0.05) is 11.6 Å².